The topological polar surface area (TPSA) is 83.8 Å². The van der Waals surface area contributed by atoms with Gasteiger partial charge in [0.1, 0.15) is 6.04 Å². The highest BCUT2D eigenvalue weighted by atomic mass is 16.6. The van der Waals surface area contributed by atoms with E-state index >= 15 is 0 Å². The fourth-order valence-corrected chi connectivity index (χ4v) is 3.88. The van der Waals surface area contributed by atoms with Crippen LogP contribution >= 0.6 is 0 Å². The number of piperidine rings is 1. The summed E-state index contributed by atoms with van der Waals surface area (Å²) in [5.41, 5.74) is 0.350. The molecule has 2 bridgehead atoms. The molecule has 21 heavy (non-hydrogen) atoms. The van der Waals surface area contributed by atoms with Crippen molar-refractivity contribution in [2.24, 2.45) is 5.92 Å². The van der Waals surface area contributed by atoms with Crippen LogP contribution in [-0.4, -0.2) is 33.8 Å². The molecular formula is C14H13N3O4. The molecule has 3 aliphatic rings. The number of anilines is 1. The number of nitrogens with zero attached hydrogens (tertiary/aromatic N) is 3. The third-order valence-electron chi connectivity index (χ3n) is 4.79. The lowest BCUT2D eigenvalue weighted by Gasteiger charge is -2.25. The predicted molar refractivity (Wildman–Crippen MR) is 72.7 cm³/mol. The molecule has 0 radical (unpaired) electrons. The lowest BCUT2D eigenvalue weighted by atomic mass is 9.99. The van der Waals surface area contributed by atoms with Gasteiger partial charge in [0.15, 0.2) is 0 Å². The Balaban J connectivity index is 1.68. The number of imide groups is 1. The van der Waals surface area contributed by atoms with E-state index in [1.807, 2.05) is 0 Å². The van der Waals surface area contributed by atoms with Gasteiger partial charge in [-0.3, -0.25) is 14.9 Å². The monoisotopic (exact) mass is 287 g/mol. The maximum Gasteiger partial charge on any atom is 0.332 e. The standard InChI is InChI=1S/C14H13N3O4/c18-13-12-8-1-2-11(7-8)15(12)14(19)16(13)9-3-5-10(6-4-9)17(20)21/h3-6,8,11-12H,1-2,7H2/t8-,11+,12+/m1/s1. The first-order valence-corrected chi connectivity index (χ1v) is 6.98. The molecule has 3 fully saturated rings. The summed E-state index contributed by atoms with van der Waals surface area (Å²) >= 11 is 0. The van der Waals surface area contributed by atoms with E-state index in [1.165, 1.54) is 29.2 Å². The van der Waals surface area contributed by atoms with Gasteiger partial charge in [-0.05, 0) is 37.3 Å². The number of fused-ring (bicyclic) bond motifs is 5. The zero-order valence-corrected chi connectivity index (χ0v) is 11.1. The SMILES string of the molecule is O=C1[C@@H]2[C@@H]3CC[C@@H](C3)N2C(=O)N1c1ccc([N+](=O)[O-])cc1. The Hall–Kier alpha value is -2.44. The van der Waals surface area contributed by atoms with Crippen molar-refractivity contribution < 1.29 is 14.5 Å². The molecule has 7 nitrogen and oxygen atoms in total. The van der Waals surface area contributed by atoms with Gasteiger partial charge in [0.25, 0.3) is 11.6 Å². The van der Waals surface area contributed by atoms with E-state index in [1.54, 1.807) is 4.90 Å². The summed E-state index contributed by atoms with van der Waals surface area (Å²) in [5.74, 6) is 0.0792. The minimum Gasteiger partial charge on any atom is -0.309 e. The molecule has 1 aliphatic carbocycles. The van der Waals surface area contributed by atoms with E-state index in [9.17, 15) is 19.7 Å². The molecule has 3 atom stereocenters. The molecule has 2 heterocycles. The Labute approximate surface area is 120 Å². The van der Waals surface area contributed by atoms with E-state index in [0.717, 1.165) is 19.3 Å². The molecule has 1 aromatic rings. The fraction of sp³-hybridized carbons (Fsp3) is 0.429. The van der Waals surface area contributed by atoms with Crippen molar-refractivity contribution in [2.45, 2.75) is 31.3 Å². The lowest BCUT2D eigenvalue weighted by Crippen LogP contribution is -2.40. The third kappa shape index (κ3) is 1.54. The smallest absolute Gasteiger partial charge is 0.309 e. The van der Waals surface area contributed by atoms with Gasteiger partial charge in [0.05, 0.1) is 10.6 Å². The second kappa shape index (κ2) is 4.03. The van der Waals surface area contributed by atoms with Gasteiger partial charge in [0.2, 0.25) is 0 Å². The van der Waals surface area contributed by atoms with Crippen molar-refractivity contribution in [2.75, 3.05) is 4.90 Å². The zero-order chi connectivity index (χ0) is 14.7. The van der Waals surface area contributed by atoms with Crippen LogP contribution in [0.2, 0.25) is 0 Å². The van der Waals surface area contributed by atoms with Gasteiger partial charge >= 0.3 is 6.03 Å². The molecule has 4 rings (SSSR count). The van der Waals surface area contributed by atoms with Crippen molar-refractivity contribution in [3.8, 4) is 0 Å². The summed E-state index contributed by atoms with van der Waals surface area (Å²) in [7, 11) is 0. The van der Waals surface area contributed by atoms with Gasteiger partial charge in [-0.1, -0.05) is 0 Å². The van der Waals surface area contributed by atoms with E-state index in [2.05, 4.69) is 0 Å². The van der Waals surface area contributed by atoms with Gasteiger partial charge in [-0.15, -0.1) is 0 Å². The average molecular weight is 287 g/mol. The highest BCUT2D eigenvalue weighted by molar-refractivity contribution is 6.22. The van der Waals surface area contributed by atoms with Crippen molar-refractivity contribution in [3.63, 3.8) is 0 Å². The van der Waals surface area contributed by atoms with E-state index in [-0.39, 0.29) is 35.6 Å². The van der Waals surface area contributed by atoms with Crippen LogP contribution in [0, 0.1) is 16.0 Å². The van der Waals surface area contributed by atoms with Crippen LogP contribution in [0.25, 0.3) is 0 Å². The molecule has 7 heteroatoms. The summed E-state index contributed by atoms with van der Waals surface area (Å²) in [6.07, 6.45) is 2.89. The second-order valence-electron chi connectivity index (χ2n) is 5.81. The van der Waals surface area contributed by atoms with Gasteiger partial charge in [-0.25, -0.2) is 9.69 Å². The largest absolute Gasteiger partial charge is 0.332 e. The van der Waals surface area contributed by atoms with Crippen LogP contribution in [-0.2, 0) is 4.79 Å². The van der Waals surface area contributed by atoms with Crippen LogP contribution < -0.4 is 4.90 Å². The number of hydrogen-bond donors (Lipinski definition) is 0. The van der Waals surface area contributed by atoms with Gasteiger partial charge in [-0.2, -0.15) is 0 Å². The number of non-ortho nitro benzene ring substituents is 1. The quantitative estimate of drug-likeness (QED) is 0.472. The first-order chi connectivity index (χ1) is 10.1. The third-order valence-corrected chi connectivity index (χ3v) is 4.79. The average Bonchev–Trinajstić information content (AvgIpc) is 3.13. The van der Waals surface area contributed by atoms with Crippen LogP contribution in [0.3, 0.4) is 0 Å². The van der Waals surface area contributed by atoms with Crippen LogP contribution in [0.4, 0.5) is 16.2 Å². The molecule has 3 amide bonds. The van der Waals surface area contributed by atoms with Crippen molar-refractivity contribution >= 4 is 23.3 Å². The highest BCUT2D eigenvalue weighted by Gasteiger charge is 2.59. The molecule has 0 N–H and O–H groups in total. The molecule has 0 aromatic heterocycles. The number of rotatable bonds is 2. The van der Waals surface area contributed by atoms with Crippen LogP contribution in [0.15, 0.2) is 24.3 Å². The normalized spacial score (nSPS) is 30.2. The maximum atomic E-state index is 12.5. The van der Waals surface area contributed by atoms with Crippen LogP contribution in [0.1, 0.15) is 19.3 Å². The summed E-state index contributed by atoms with van der Waals surface area (Å²) in [6.45, 7) is 0. The first kappa shape index (κ1) is 12.3. The first-order valence-electron chi connectivity index (χ1n) is 6.98. The minimum absolute atomic E-state index is 0.0570. The van der Waals surface area contributed by atoms with E-state index < -0.39 is 4.92 Å². The fourth-order valence-electron chi connectivity index (χ4n) is 3.88. The molecular weight excluding hydrogens is 274 g/mol. The highest BCUT2D eigenvalue weighted by Crippen LogP contribution is 2.47. The number of amides is 3. The lowest BCUT2D eigenvalue weighted by molar-refractivity contribution is -0.384. The number of nitro benzene ring substituents is 1. The second-order valence-corrected chi connectivity index (χ2v) is 5.81. The molecule has 0 spiro atoms. The molecule has 0 unspecified atom stereocenters. The van der Waals surface area contributed by atoms with Gasteiger partial charge < -0.3 is 4.90 Å². The number of carbonyl (C=O) groups excluding carboxylic acids is 2. The maximum absolute atomic E-state index is 12.5. The zero-order valence-electron chi connectivity index (χ0n) is 11.1. The Morgan fingerprint density at radius 2 is 1.86 bits per heavy atom. The summed E-state index contributed by atoms with van der Waals surface area (Å²) in [6, 6.07) is 5.11. The van der Waals surface area contributed by atoms with E-state index in [0.29, 0.717) is 5.69 Å². The minimum atomic E-state index is -0.504. The van der Waals surface area contributed by atoms with Crippen molar-refractivity contribution in [1.82, 2.24) is 4.90 Å². The van der Waals surface area contributed by atoms with Crippen LogP contribution in [0.5, 0.6) is 0 Å². The Bertz CT molecular complexity index is 629. The number of carbonyl (C=O) groups is 2. The summed E-state index contributed by atoms with van der Waals surface area (Å²) < 4.78 is 0. The van der Waals surface area contributed by atoms with Gasteiger partial charge in [0, 0.05) is 18.2 Å². The molecule has 1 saturated carbocycles. The number of hydrogen-bond acceptors (Lipinski definition) is 4. The molecule has 2 aliphatic heterocycles. The Kier molecular flexibility index (Phi) is 2.36. The predicted octanol–water partition coefficient (Wildman–Crippen LogP) is 1.91. The molecule has 108 valence electrons. The summed E-state index contributed by atoms with van der Waals surface area (Å²) in [5, 5.41) is 10.7. The van der Waals surface area contributed by atoms with Crippen molar-refractivity contribution in [1.29, 1.82) is 0 Å². The van der Waals surface area contributed by atoms with E-state index in [4.69, 9.17) is 0 Å². The Morgan fingerprint density at radius 3 is 2.48 bits per heavy atom. The molecule has 2 saturated heterocycles. The summed E-state index contributed by atoms with van der Waals surface area (Å²) in [4.78, 5) is 38.1. The number of nitro groups is 1. The Morgan fingerprint density at radius 1 is 1.14 bits per heavy atom. The number of urea groups is 1. The number of benzene rings is 1. The van der Waals surface area contributed by atoms with Crippen molar-refractivity contribution in [3.05, 3.63) is 34.4 Å². The molecule has 1 aromatic carbocycles.